The molecule has 0 aliphatic carbocycles. The second-order valence-corrected chi connectivity index (χ2v) is 4.84. The third kappa shape index (κ3) is 3.38. The van der Waals surface area contributed by atoms with Gasteiger partial charge >= 0.3 is 6.18 Å². The number of nitrogen functional groups attached to an aromatic ring is 1. The molecule has 0 aliphatic heterocycles. The van der Waals surface area contributed by atoms with Crippen molar-refractivity contribution in [3.05, 3.63) is 40.0 Å². The van der Waals surface area contributed by atoms with Crippen LogP contribution < -0.4 is 10.5 Å². The molecule has 0 bridgehead atoms. The number of hydrogen-bond donors (Lipinski definition) is 1. The van der Waals surface area contributed by atoms with E-state index >= 15 is 0 Å². The van der Waals surface area contributed by atoms with Gasteiger partial charge in [0.2, 0.25) is 11.8 Å². The average Bonchev–Trinajstić information content (AvgIpc) is 2.31. The Morgan fingerprint density at radius 2 is 1.90 bits per heavy atom. The monoisotopic (exact) mass is 347 g/mol. The Morgan fingerprint density at radius 1 is 1.20 bits per heavy atom. The number of hydrogen-bond acceptors (Lipinski definition) is 4. The van der Waals surface area contributed by atoms with Crippen LogP contribution in [-0.4, -0.2) is 9.97 Å². The van der Waals surface area contributed by atoms with Crippen LogP contribution in [-0.2, 0) is 6.18 Å². The van der Waals surface area contributed by atoms with Gasteiger partial charge < -0.3 is 10.5 Å². The second kappa shape index (κ2) is 5.28. The van der Waals surface area contributed by atoms with E-state index in [1.54, 1.807) is 18.2 Å². The minimum absolute atomic E-state index is 0.269. The molecule has 0 aliphatic rings. The molecule has 0 atom stereocenters. The Kier molecular flexibility index (Phi) is 3.85. The van der Waals surface area contributed by atoms with Gasteiger partial charge in [-0.15, -0.1) is 0 Å². The number of alkyl halides is 3. The van der Waals surface area contributed by atoms with Crippen molar-refractivity contribution in [1.82, 2.24) is 9.97 Å². The van der Waals surface area contributed by atoms with Crippen molar-refractivity contribution in [2.45, 2.75) is 13.1 Å². The fraction of sp³-hybridized carbons (Fsp3) is 0.167. The van der Waals surface area contributed by atoms with E-state index in [0.29, 0.717) is 16.3 Å². The third-order valence-electron chi connectivity index (χ3n) is 2.31. The molecule has 106 valence electrons. The zero-order chi connectivity index (χ0) is 14.9. The number of benzene rings is 1. The normalized spacial score (nSPS) is 11.4. The summed E-state index contributed by atoms with van der Waals surface area (Å²) in [5.74, 6) is -0.436. The molecule has 2 aromatic rings. The van der Waals surface area contributed by atoms with Crippen molar-refractivity contribution in [2.24, 2.45) is 0 Å². The van der Waals surface area contributed by atoms with Crippen molar-refractivity contribution in [1.29, 1.82) is 0 Å². The van der Waals surface area contributed by atoms with Crippen LogP contribution in [0.3, 0.4) is 0 Å². The van der Waals surface area contributed by atoms with Gasteiger partial charge in [-0.3, -0.25) is 0 Å². The standard InChI is InChI=1S/C12H9BrF3N3O/c1-6-2-3-8(7(13)4-6)20-10-5-9(12(14,15)16)18-11(17)19-10/h2-5H,1H3,(H2,17,18,19). The summed E-state index contributed by atoms with van der Waals surface area (Å²) in [4.78, 5) is 6.76. The topological polar surface area (TPSA) is 61.0 Å². The molecular weight excluding hydrogens is 339 g/mol. The molecule has 2 N–H and O–H groups in total. The molecule has 2 rings (SSSR count). The van der Waals surface area contributed by atoms with Gasteiger partial charge in [0.05, 0.1) is 4.47 Å². The van der Waals surface area contributed by atoms with E-state index in [2.05, 4.69) is 25.9 Å². The van der Waals surface area contributed by atoms with Crippen molar-refractivity contribution < 1.29 is 17.9 Å². The maximum atomic E-state index is 12.6. The first-order valence-electron chi connectivity index (χ1n) is 5.41. The number of halogens is 4. The van der Waals surface area contributed by atoms with Gasteiger partial charge in [0.1, 0.15) is 5.75 Å². The summed E-state index contributed by atoms with van der Waals surface area (Å²) in [5.41, 5.74) is 5.08. The van der Waals surface area contributed by atoms with Crippen LogP contribution in [0.25, 0.3) is 0 Å². The number of rotatable bonds is 2. The first-order valence-corrected chi connectivity index (χ1v) is 6.21. The number of nitrogens with zero attached hydrogens (tertiary/aromatic N) is 2. The van der Waals surface area contributed by atoms with E-state index < -0.39 is 17.8 Å². The van der Waals surface area contributed by atoms with E-state index in [1.807, 2.05) is 6.92 Å². The maximum absolute atomic E-state index is 12.6. The highest BCUT2D eigenvalue weighted by molar-refractivity contribution is 9.10. The van der Waals surface area contributed by atoms with E-state index in [0.717, 1.165) is 5.56 Å². The van der Waals surface area contributed by atoms with Gasteiger partial charge in [0, 0.05) is 6.07 Å². The minimum Gasteiger partial charge on any atom is -0.438 e. The summed E-state index contributed by atoms with van der Waals surface area (Å²) in [6, 6.07) is 5.84. The Labute approximate surface area is 120 Å². The largest absolute Gasteiger partial charge is 0.438 e. The molecule has 8 heteroatoms. The summed E-state index contributed by atoms with van der Waals surface area (Å²) in [5, 5.41) is 0. The van der Waals surface area contributed by atoms with Crippen molar-refractivity contribution in [2.75, 3.05) is 5.73 Å². The van der Waals surface area contributed by atoms with Crippen LogP contribution >= 0.6 is 15.9 Å². The fourth-order valence-corrected chi connectivity index (χ4v) is 2.02. The van der Waals surface area contributed by atoms with Crippen LogP contribution in [0.5, 0.6) is 11.6 Å². The molecule has 0 saturated carbocycles. The lowest BCUT2D eigenvalue weighted by atomic mass is 10.2. The van der Waals surface area contributed by atoms with Crippen LogP contribution in [0.1, 0.15) is 11.3 Å². The predicted molar refractivity (Wildman–Crippen MR) is 70.4 cm³/mol. The van der Waals surface area contributed by atoms with Gasteiger partial charge in [-0.2, -0.15) is 18.2 Å². The highest BCUT2D eigenvalue weighted by Crippen LogP contribution is 2.33. The van der Waals surface area contributed by atoms with Gasteiger partial charge in [0.15, 0.2) is 5.69 Å². The minimum atomic E-state index is -4.61. The summed E-state index contributed by atoms with van der Waals surface area (Å²) in [7, 11) is 0. The highest BCUT2D eigenvalue weighted by atomic mass is 79.9. The number of ether oxygens (including phenoxy) is 1. The fourth-order valence-electron chi connectivity index (χ4n) is 1.44. The number of aryl methyl sites for hydroxylation is 1. The summed E-state index contributed by atoms with van der Waals surface area (Å²) < 4.78 is 43.7. The summed E-state index contributed by atoms with van der Waals surface area (Å²) in [6.45, 7) is 1.87. The lowest BCUT2D eigenvalue weighted by Crippen LogP contribution is -2.11. The third-order valence-corrected chi connectivity index (χ3v) is 2.93. The first-order chi connectivity index (χ1) is 9.25. The van der Waals surface area contributed by atoms with Gasteiger partial charge in [-0.1, -0.05) is 6.07 Å². The lowest BCUT2D eigenvalue weighted by molar-refractivity contribution is -0.141. The second-order valence-electron chi connectivity index (χ2n) is 3.98. The first kappa shape index (κ1) is 14.6. The van der Waals surface area contributed by atoms with E-state index in [-0.39, 0.29) is 5.88 Å². The predicted octanol–water partition coefficient (Wildman–Crippen LogP) is 3.94. The number of anilines is 1. The Morgan fingerprint density at radius 3 is 2.50 bits per heavy atom. The van der Waals surface area contributed by atoms with Crippen molar-refractivity contribution in [3.8, 4) is 11.6 Å². The van der Waals surface area contributed by atoms with Gasteiger partial charge in [-0.05, 0) is 40.5 Å². The molecule has 1 aromatic carbocycles. The molecule has 0 radical (unpaired) electrons. The van der Waals surface area contributed by atoms with E-state index in [1.165, 1.54) is 0 Å². The molecule has 1 heterocycles. The molecule has 0 saturated heterocycles. The zero-order valence-electron chi connectivity index (χ0n) is 10.2. The molecule has 4 nitrogen and oxygen atoms in total. The van der Waals surface area contributed by atoms with Crippen LogP contribution in [0.4, 0.5) is 19.1 Å². The van der Waals surface area contributed by atoms with Crippen LogP contribution in [0.15, 0.2) is 28.7 Å². The molecule has 20 heavy (non-hydrogen) atoms. The molecule has 0 fully saturated rings. The Hall–Kier alpha value is -1.83. The van der Waals surface area contributed by atoms with Gasteiger partial charge in [-0.25, -0.2) is 4.98 Å². The van der Waals surface area contributed by atoms with Crippen LogP contribution in [0.2, 0.25) is 0 Å². The highest BCUT2D eigenvalue weighted by Gasteiger charge is 2.33. The number of nitrogens with two attached hydrogens (primary N) is 1. The molecule has 0 unspecified atom stereocenters. The van der Waals surface area contributed by atoms with E-state index in [9.17, 15) is 13.2 Å². The Balaban J connectivity index is 2.36. The smallest absolute Gasteiger partial charge is 0.433 e. The van der Waals surface area contributed by atoms with Crippen molar-refractivity contribution >= 4 is 21.9 Å². The molecule has 1 aromatic heterocycles. The molecular formula is C12H9BrF3N3O. The number of aromatic nitrogens is 2. The molecule has 0 spiro atoms. The van der Waals surface area contributed by atoms with Crippen LogP contribution in [0, 0.1) is 6.92 Å². The van der Waals surface area contributed by atoms with E-state index in [4.69, 9.17) is 10.5 Å². The SMILES string of the molecule is Cc1ccc(Oc2cc(C(F)(F)F)nc(N)n2)c(Br)c1. The van der Waals surface area contributed by atoms with Crippen molar-refractivity contribution in [3.63, 3.8) is 0 Å². The molecule has 0 amide bonds. The maximum Gasteiger partial charge on any atom is 0.433 e. The Bertz CT molecular complexity index is 646. The van der Waals surface area contributed by atoms with Gasteiger partial charge in [0.25, 0.3) is 0 Å². The summed E-state index contributed by atoms with van der Waals surface area (Å²) in [6.07, 6.45) is -4.61. The lowest BCUT2D eigenvalue weighted by Gasteiger charge is -2.10. The quantitative estimate of drug-likeness (QED) is 0.893. The summed E-state index contributed by atoms with van der Waals surface area (Å²) >= 11 is 3.26. The average molecular weight is 348 g/mol. The zero-order valence-corrected chi connectivity index (χ0v) is 11.8.